The van der Waals surface area contributed by atoms with Crippen LogP contribution in [0.3, 0.4) is 0 Å². The van der Waals surface area contributed by atoms with E-state index >= 15 is 0 Å². The van der Waals surface area contributed by atoms with Gasteiger partial charge in [0.15, 0.2) is 0 Å². The van der Waals surface area contributed by atoms with E-state index in [9.17, 15) is 19.6 Å². The molecular weight excluding hydrogens is 562 g/mol. The Kier molecular flexibility index (Phi) is 13.4. The van der Waals surface area contributed by atoms with Gasteiger partial charge in [0.25, 0.3) is 0 Å². The van der Waals surface area contributed by atoms with Crippen LogP contribution >= 0.6 is 0 Å². The van der Waals surface area contributed by atoms with Crippen LogP contribution in [-0.4, -0.2) is 47.1 Å². The van der Waals surface area contributed by atoms with Crippen LogP contribution in [-0.2, 0) is 40.1 Å². The van der Waals surface area contributed by atoms with Crippen molar-refractivity contribution in [2.24, 2.45) is 5.92 Å². The number of hydrogen-bond donors (Lipinski definition) is 3. The van der Waals surface area contributed by atoms with E-state index in [1.54, 1.807) is 0 Å². The second-order valence-electron chi connectivity index (χ2n) is 11.3. The molecule has 234 valence electrons. The van der Waals surface area contributed by atoms with E-state index in [-0.39, 0.29) is 24.8 Å². The Morgan fingerprint density at radius 2 is 1.11 bits per heavy atom. The third-order valence-electron chi connectivity index (χ3n) is 7.85. The first kappa shape index (κ1) is 33.1. The number of carbonyl (C=O) groups excluding carboxylic acids is 3. The van der Waals surface area contributed by atoms with Crippen molar-refractivity contribution in [3.8, 4) is 0 Å². The molecule has 0 aliphatic heterocycles. The zero-order valence-corrected chi connectivity index (χ0v) is 25.7. The molecule has 0 fully saturated rings. The summed E-state index contributed by atoms with van der Waals surface area (Å²) in [6, 6.07) is 38.2. The SMILES string of the molecule is O=C(N[C@@H](Cc1ccccc1)C(=O)NCCc1ccccc1)C(CCCc1ccccc1)CN(O)C(=O)CCc1ccccc1. The van der Waals surface area contributed by atoms with Crippen LogP contribution in [0, 0.1) is 5.92 Å². The highest BCUT2D eigenvalue weighted by molar-refractivity contribution is 5.89. The number of carbonyl (C=O) groups is 3. The molecule has 0 spiro atoms. The van der Waals surface area contributed by atoms with E-state index in [1.165, 1.54) is 0 Å². The molecule has 3 N–H and O–H groups in total. The zero-order valence-electron chi connectivity index (χ0n) is 25.7. The molecule has 0 saturated carbocycles. The van der Waals surface area contributed by atoms with Crippen molar-refractivity contribution in [1.82, 2.24) is 15.7 Å². The van der Waals surface area contributed by atoms with Gasteiger partial charge in [0.1, 0.15) is 6.04 Å². The smallest absolute Gasteiger partial charge is 0.246 e. The third-order valence-corrected chi connectivity index (χ3v) is 7.85. The van der Waals surface area contributed by atoms with Gasteiger partial charge in [-0.15, -0.1) is 0 Å². The Labute approximate surface area is 266 Å². The summed E-state index contributed by atoms with van der Waals surface area (Å²) in [7, 11) is 0. The maximum absolute atomic E-state index is 13.8. The minimum absolute atomic E-state index is 0.124. The molecule has 1 unspecified atom stereocenters. The minimum Gasteiger partial charge on any atom is -0.354 e. The van der Waals surface area contributed by atoms with Gasteiger partial charge in [-0.05, 0) is 54.4 Å². The minimum atomic E-state index is -0.812. The molecule has 0 radical (unpaired) electrons. The number of nitrogens with one attached hydrogen (secondary N) is 2. The summed E-state index contributed by atoms with van der Waals surface area (Å²) in [5.74, 6) is -1.78. The number of rotatable bonds is 17. The fourth-order valence-electron chi connectivity index (χ4n) is 5.28. The van der Waals surface area contributed by atoms with Gasteiger partial charge in [0.05, 0.1) is 12.5 Å². The molecule has 4 rings (SSSR count). The maximum atomic E-state index is 13.8. The normalized spacial score (nSPS) is 12.1. The fourth-order valence-corrected chi connectivity index (χ4v) is 5.28. The van der Waals surface area contributed by atoms with Gasteiger partial charge in [0, 0.05) is 19.4 Å². The van der Waals surface area contributed by atoms with Gasteiger partial charge in [-0.3, -0.25) is 19.6 Å². The molecule has 3 amide bonds. The average molecular weight is 606 g/mol. The Balaban J connectivity index is 1.42. The second-order valence-corrected chi connectivity index (χ2v) is 11.3. The number of nitrogens with zero attached hydrogens (tertiary/aromatic N) is 1. The lowest BCUT2D eigenvalue weighted by Gasteiger charge is -2.25. The Morgan fingerprint density at radius 3 is 1.67 bits per heavy atom. The molecule has 45 heavy (non-hydrogen) atoms. The summed E-state index contributed by atoms with van der Waals surface area (Å²) in [5.41, 5.74) is 4.18. The molecule has 7 heteroatoms. The maximum Gasteiger partial charge on any atom is 0.246 e. The standard InChI is InChI=1S/C38H43N3O4/c42-36(25-24-31-16-7-2-8-17-31)41(45)29-34(23-13-22-30-14-5-1-6-15-30)37(43)40-35(28-33-20-11-4-12-21-33)38(44)39-27-26-32-18-9-3-10-19-32/h1-12,14-21,34-35,45H,13,22-29H2,(H,39,44)(H,40,43)/t34?,35-/m0/s1. The molecule has 2 atom stereocenters. The van der Waals surface area contributed by atoms with E-state index in [2.05, 4.69) is 10.6 Å². The zero-order chi connectivity index (χ0) is 31.7. The molecule has 0 aliphatic carbocycles. The largest absolute Gasteiger partial charge is 0.354 e. The quantitative estimate of drug-likeness (QED) is 0.108. The van der Waals surface area contributed by atoms with E-state index in [0.717, 1.165) is 28.7 Å². The molecular formula is C38H43N3O4. The molecule has 0 aromatic heterocycles. The van der Waals surface area contributed by atoms with Crippen molar-refractivity contribution in [3.63, 3.8) is 0 Å². The van der Waals surface area contributed by atoms with Gasteiger partial charge in [-0.1, -0.05) is 121 Å². The van der Waals surface area contributed by atoms with Crippen LogP contribution in [0.25, 0.3) is 0 Å². The Bertz CT molecular complexity index is 1450. The lowest BCUT2D eigenvalue weighted by atomic mass is 9.97. The first-order valence-corrected chi connectivity index (χ1v) is 15.7. The molecule has 4 aromatic carbocycles. The topological polar surface area (TPSA) is 98.7 Å². The predicted octanol–water partition coefficient (Wildman–Crippen LogP) is 5.56. The van der Waals surface area contributed by atoms with Gasteiger partial charge >= 0.3 is 0 Å². The van der Waals surface area contributed by atoms with Gasteiger partial charge < -0.3 is 10.6 Å². The van der Waals surface area contributed by atoms with Crippen molar-refractivity contribution in [1.29, 1.82) is 0 Å². The lowest BCUT2D eigenvalue weighted by molar-refractivity contribution is -0.169. The van der Waals surface area contributed by atoms with E-state index < -0.39 is 17.9 Å². The van der Waals surface area contributed by atoms with Crippen molar-refractivity contribution in [2.45, 2.75) is 51.0 Å². The van der Waals surface area contributed by atoms with Gasteiger partial charge in [-0.2, -0.15) is 0 Å². The number of amides is 3. The Morgan fingerprint density at radius 1 is 0.622 bits per heavy atom. The van der Waals surface area contributed by atoms with Crippen LogP contribution in [0.5, 0.6) is 0 Å². The van der Waals surface area contributed by atoms with Crippen molar-refractivity contribution in [3.05, 3.63) is 144 Å². The number of hydroxylamine groups is 2. The van der Waals surface area contributed by atoms with Crippen molar-refractivity contribution in [2.75, 3.05) is 13.1 Å². The number of hydrogen-bond acceptors (Lipinski definition) is 4. The molecule has 0 saturated heterocycles. The highest BCUT2D eigenvalue weighted by Crippen LogP contribution is 2.15. The Hall–Kier alpha value is -4.75. The summed E-state index contributed by atoms with van der Waals surface area (Å²) in [6.45, 7) is 0.284. The number of benzene rings is 4. The average Bonchev–Trinajstić information content (AvgIpc) is 3.08. The molecule has 4 aromatic rings. The third kappa shape index (κ3) is 11.7. The monoisotopic (exact) mass is 605 g/mol. The summed E-state index contributed by atoms with van der Waals surface area (Å²) in [5, 5.41) is 17.4. The van der Waals surface area contributed by atoms with Gasteiger partial charge in [-0.25, -0.2) is 5.06 Å². The van der Waals surface area contributed by atoms with E-state index in [0.29, 0.717) is 43.7 Å². The fraction of sp³-hybridized carbons (Fsp3) is 0.289. The summed E-state index contributed by atoms with van der Waals surface area (Å²) >= 11 is 0. The second kappa shape index (κ2) is 18.1. The molecule has 0 aliphatic rings. The van der Waals surface area contributed by atoms with Crippen LogP contribution in [0.2, 0.25) is 0 Å². The van der Waals surface area contributed by atoms with Crippen LogP contribution < -0.4 is 10.6 Å². The molecule has 7 nitrogen and oxygen atoms in total. The summed E-state index contributed by atoms with van der Waals surface area (Å²) in [4.78, 5) is 40.0. The highest BCUT2D eigenvalue weighted by atomic mass is 16.5. The molecule has 0 heterocycles. The van der Waals surface area contributed by atoms with Crippen molar-refractivity contribution >= 4 is 17.7 Å². The first-order valence-electron chi connectivity index (χ1n) is 15.7. The van der Waals surface area contributed by atoms with E-state index in [1.807, 2.05) is 121 Å². The lowest BCUT2D eigenvalue weighted by Crippen LogP contribution is -2.51. The van der Waals surface area contributed by atoms with Gasteiger partial charge in [0.2, 0.25) is 17.7 Å². The van der Waals surface area contributed by atoms with Crippen LogP contribution in [0.1, 0.15) is 41.5 Å². The summed E-state index contributed by atoms with van der Waals surface area (Å²) in [6.07, 6.45) is 3.48. The first-order chi connectivity index (χ1) is 22.0. The van der Waals surface area contributed by atoms with Crippen molar-refractivity contribution < 1.29 is 19.6 Å². The van der Waals surface area contributed by atoms with Crippen LogP contribution in [0.15, 0.2) is 121 Å². The highest BCUT2D eigenvalue weighted by Gasteiger charge is 2.28. The number of aryl methyl sites for hydroxylation is 2. The molecule has 0 bridgehead atoms. The van der Waals surface area contributed by atoms with E-state index in [4.69, 9.17) is 0 Å². The summed E-state index contributed by atoms with van der Waals surface area (Å²) < 4.78 is 0. The van der Waals surface area contributed by atoms with Crippen LogP contribution in [0.4, 0.5) is 0 Å². The predicted molar refractivity (Wildman–Crippen MR) is 176 cm³/mol.